The van der Waals surface area contributed by atoms with E-state index in [-0.39, 0.29) is 22.7 Å². The van der Waals surface area contributed by atoms with E-state index in [2.05, 4.69) is 9.97 Å². The predicted octanol–water partition coefficient (Wildman–Crippen LogP) is 2.20. The van der Waals surface area contributed by atoms with Gasteiger partial charge in [-0.2, -0.15) is 0 Å². The lowest BCUT2D eigenvalue weighted by atomic mass is 10.1. The van der Waals surface area contributed by atoms with E-state index >= 15 is 0 Å². The monoisotopic (exact) mass is 250 g/mol. The minimum absolute atomic E-state index is 0.197. The molecule has 0 fully saturated rings. The van der Waals surface area contributed by atoms with Gasteiger partial charge in [0, 0.05) is 18.0 Å². The van der Waals surface area contributed by atoms with Crippen molar-refractivity contribution in [2.75, 3.05) is 0 Å². The number of hydrogen-bond donors (Lipinski definition) is 2. The quantitative estimate of drug-likeness (QED) is 0.854. The number of aromatic nitrogens is 2. The topological polar surface area (TPSA) is 83.3 Å². The molecule has 0 amide bonds. The Morgan fingerprint density at radius 1 is 1.24 bits per heavy atom. The third-order valence-electron chi connectivity index (χ3n) is 2.12. The van der Waals surface area contributed by atoms with Crippen molar-refractivity contribution in [1.29, 1.82) is 0 Å². The lowest BCUT2D eigenvalue weighted by molar-refractivity contribution is 0.0694. The maximum absolute atomic E-state index is 11.0. The molecule has 0 radical (unpaired) electrons. The van der Waals surface area contributed by atoms with E-state index in [1.165, 1.54) is 30.6 Å². The van der Waals surface area contributed by atoms with Crippen LogP contribution >= 0.6 is 11.6 Å². The van der Waals surface area contributed by atoms with E-state index in [1.807, 2.05) is 0 Å². The fourth-order valence-corrected chi connectivity index (χ4v) is 1.50. The van der Waals surface area contributed by atoms with E-state index < -0.39 is 5.97 Å². The highest BCUT2D eigenvalue weighted by atomic mass is 35.5. The van der Waals surface area contributed by atoms with Gasteiger partial charge in [0.15, 0.2) is 5.82 Å². The Bertz CT molecular complexity index is 569. The highest BCUT2D eigenvalue weighted by Crippen LogP contribution is 2.27. The Morgan fingerprint density at radius 3 is 2.47 bits per heavy atom. The molecule has 0 saturated carbocycles. The molecule has 0 saturated heterocycles. The van der Waals surface area contributed by atoms with Crippen LogP contribution in [0.15, 0.2) is 30.6 Å². The van der Waals surface area contributed by atoms with Crippen LogP contribution in [0.3, 0.4) is 0 Å². The molecule has 0 aliphatic carbocycles. The van der Waals surface area contributed by atoms with Crippen LogP contribution in [0.1, 0.15) is 10.4 Å². The molecule has 0 unspecified atom stereocenters. The molecule has 0 aliphatic rings. The zero-order chi connectivity index (χ0) is 12.4. The first kappa shape index (κ1) is 11.3. The lowest BCUT2D eigenvalue weighted by Crippen LogP contribution is -2.01. The van der Waals surface area contributed by atoms with Crippen molar-refractivity contribution in [3.63, 3.8) is 0 Å². The molecule has 2 N–H and O–H groups in total. The predicted molar refractivity (Wildman–Crippen MR) is 61.1 cm³/mol. The van der Waals surface area contributed by atoms with Crippen molar-refractivity contribution in [2.24, 2.45) is 0 Å². The van der Waals surface area contributed by atoms with Crippen LogP contribution in [0.4, 0.5) is 0 Å². The van der Waals surface area contributed by atoms with Gasteiger partial charge in [0.1, 0.15) is 11.3 Å². The number of carboxylic acids is 1. The molecule has 1 heterocycles. The molecule has 5 nitrogen and oxygen atoms in total. The van der Waals surface area contributed by atoms with Crippen molar-refractivity contribution in [3.05, 3.63) is 41.2 Å². The number of rotatable bonds is 2. The Hall–Kier alpha value is -2.14. The number of hydrogen-bond acceptors (Lipinski definition) is 4. The van der Waals surface area contributed by atoms with E-state index in [4.69, 9.17) is 16.7 Å². The molecule has 2 rings (SSSR count). The summed E-state index contributed by atoms with van der Waals surface area (Å²) in [7, 11) is 0. The van der Waals surface area contributed by atoms with Crippen molar-refractivity contribution in [3.8, 4) is 17.1 Å². The smallest absolute Gasteiger partial charge is 0.340 e. The van der Waals surface area contributed by atoms with Crippen LogP contribution in [0.25, 0.3) is 11.4 Å². The van der Waals surface area contributed by atoms with E-state index in [9.17, 15) is 9.90 Å². The summed E-state index contributed by atoms with van der Waals surface area (Å²) in [5, 5.41) is 18.9. The number of nitrogens with zero attached hydrogens (tertiary/aromatic N) is 2. The Morgan fingerprint density at radius 2 is 1.88 bits per heavy atom. The van der Waals surface area contributed by atoms with Gasteiger partial charge < -0.3 is 10.2 Å². The second kappa shape index (κ2) is 4.39. The van der Waals surface area contributed by atoms with Gasteiger partial charge in [0.05, 0.1) is 5.02 Å². The summed E-state index contributed by atoms with van der Waals surface area (Å²) in [6.45, 7) is 0. The fraction of sp³-hybridized carbons (Fsp3) is 0. The second-order valence-electron chi connectivity index (χ2n) is 3.23. The molecule has 86 valence electrons. The first-order chi connectivity index (χ1) is 8.09. The van der Waals surface area contributed by atoms with Crippen LogP contribution in [0.2, 0.25) is 5.02 Å². The molecule has 2 aromatic rings. The normalized spacial score (nSPS) is 10.2. The number of halogens is 1. The van der Waals surface area contributed by atoms with Crippen LogP contribution in [-0.2, 0) is 0 Å². The average Bonchev–Trinajstić information content (AvgIpc) is 2.29. The first-order valence-electron chi connectivity index (χ1n) is 4.63. The zero-order valence-electron chi connectivity index (χ0n) is 8.46. The maximum atomic E-state index is 11.0. The van der Waals surface area contributed by atoms with E-state index in [1.54, 1.807) is 0 Å². The number of phenols is 1. The largest absolute Gasteiger partial charge is 0.507 e. The summed E-state index contributed by atoms with van der Waals surface area (Å²) in [5.41, 5.74) is 0.0176. The molecule has 17 heavy (non-hydrogen) atoms. The number of carboxylic acid groups (broad SMARTS) is 1. The Balaban J connectivity index is 2.63. The van der Waals surface area contributed by atoms with Crippen molar-refractivity contribution >= 4 is 17.6 Å². The minimum atomic E-state index is -1.24. The fourth-order valence-electron chi connectivity index (χ4n) is 1.40. The van der Waals surface area contributed by atoms with Gasteiger partial charge in [-0.05, 0) is 6.07 Å². The summed E-state index contributed by atoms with van der Waals surface area (Å²) in [6.07, 6.45) is 2.72. The Kier molecular flexibility index (Phi) is 2.93. The average molecular weight is 251 g/mol. The number of benzene rings is 1. The highest BCUT2D eigenvalue weighted by molar-refractivity contribution is 6.30. The number of carbonyl (C=O) groups is 1. The van der Waals surface area contributed by atoms with Gasteiger partial charge in [-0.15, -0.1) is 0 Å². The lowest BCUT2D eigenvalue weighted by Gasteiger charge is -2.06. The van der Waals surface area contributed by atoms with Gasteiger partial charge in [-0.25, -0.2) is 14.8 Å². The first-order valence-corrected chi connectivity index (χ1v) is 5.00. The highest BCUT2D eigenvalue weighted by Gasteiger charge is 2.17. The molecule has 0 aliphatic heterocycles. The summed E-state index contributed by atoms with van der Waals surface area (Å²) >= 11 is 5.64. The standard InChI is InChI=1S/C11H7ClN2O3/c12-6-4-13-10(14-5-6)7-2-1-3-8(15)9(7)11(16)17/h1-5,15H,(H,16,17). The molecular weight excluding hydrogens is 244 g/mol. The van der Waals surface area contributed by atoms with Crippen LogP contribution < -0.4 is 0 Å². The molecule has 0 spiro atoms. The summed E-state index contributed by atoms with van der Waals surface area (Å²) in [5.74, 6) is -1.37. The molecule has 0 atom stereocenters. The number of aromatic carboxylic acids is 1. The van der Waals surface area contributed by atoms with Gasteiger partial charge >= 0.3 is 5.97 Å². The maximum Gasteiger partial charge on any atom is 0.340 e. The van der Waals surface area contributed by atoms with Gasteiger partial charge in [0.2, 0.25) is 0 Å². The van der Waals surface area contributed by atoms with Gasteiger partial charge in [0.25, 0.3) is 0 Å². The van der Waals surface area contributed by atoms with Gasteiger partial charge in [-0.3, -0.25) is 0 Å². The second-order valence-corrected chi connectivity index (χ2v) is 3.67. The van der Waals surface area contributed by atoms with Crippen molar-refractivity contribution < 1.29 is 15.0 Å². The molecular formula is C11H7ClN2O3. The van der Waals surface area contributed by atoms with Crippen molar-refractivity contribution in [1.82, 2.24) is 9.97 Å². The summed E-state index contributed by atoms with van der Waals surface area (Å²) < 4.78 is 0. The SMILES string of the molecule is O=C(O)c1c(O)cccc1-c1ncc(Cl)cn1. The molecule has 6 heteroatoms. The summed E-state index contributed by atoms with van der Waals surface area (Å²) in [6, 6.07) is 4.34. The number of aromatic hydroxyl groups is 1. The van der Waals surface area contributed by atoms with Crippen LogP contribution in [-0.4, -0.2) is 26.2 Å². The Labute approximate surface area is 101 Å². The summed E-state index contributed by atoms with van der Waals surface area (Å²) in [4.78, 5) is 18.9. The zero-order valence-corrected chi connectivity index (χ0v) is 9.22. The van der Waals surface area contributed by atoms with E-state index in [0.717, 1.165) is 0 Å². The van der Waals surface area contributed by atoms with Gasteiger partial charge in [-0.1, -0.05) is 23.7 Å². The van der Waals surface area contributed by atoms with E-state index in [0.29, 0.717) is 5.02 Å². The molecule has 1 aromatic carbocycles. The van der Waals surface area contributed by atoms with Crippen LogP contribution in [0, 0.1) is 0 Å². The third kappa shape index (κ3) is 2.19. The third-order valence-corrected chi connectivity index (χ3v) is 2.31. The molecule has 0 bridgehead atoms. The van der Waals surface area contributed by atoms with Crippen LogP contribution in [0.5, 0.6) is 5.75 Å². The van der Waals surface area contributed by atoms with Crippen molar-refractivity contribution in [2.45, 2.75) is 0 Å². The minimum Gasteiger partial charge on any atom is -0.507 e. The molecule has 1 aromatic heterocycles.